The molecule has 0 saturated heterocycles. The van der Waals surface area contributed by atoms with E-state index in [1.165, 1.54) is 33.4 Å². The summed E-state index contributed by atoms with van der Waals surface area (Å²) in [5.41, 5.74) is 9.59. The van der Waals surface area contributed by atoms with E-state index in [1.54, 1.807) is 0 Å². The minimum atomic E-state index is 0.643. The second-order valence-electron chi connectivity index (χ2n) is 7.42. The Hall–Kier alpha value is -1.82. The topological polar surface area (TPSA) is 0 Å². The molecule has 0 spiro atoms. The van der Waals surface area contributed by atoms with Crippen LogP contribution in [0.3, 0.4) is 0 Å². The smallest absolute Gasteiger partial charge is 0.00672 e. The second-order valence-corrected chi connectivity index (χ2v) is 7.42. The fraction of sp³-hybridized carbons (Fsp3) is 0.440. The van der Waals surface area contributed by atoms with E-state index in [0.717, 1.165) is 24.8 Å². The summed E-state index contributed by atoms with van der Waals surface area (Å²) in [6, 6.07) is 0. The average Bonchev–Trinajstić information content (AvgIpc) is 2.69. The van der Waals surface area contributed by atoms with Crippen LogP contribution < -0.4 is 0 Å². The lowest BCUT2D eigenvalue weighted by atomic mass is 9.86. The van der Waals surface area contributed by atoms with Gasteiger partial charge in [0.15, 0.2) is 0 Å². The predicted octanol–water partition coefficient (Wildman–Crippen LogP) is 8.04. The number of hydrogen-bond donors (Lipinski definition) is 0. The quantitative estimate of drug-likeness (QED) is 0.340. The Kier molecular flexibility index (Phi) is 8.69. The Morgan fingerprint density at radius 1 is 1.16 bits per heavy atom. The van der Waals surface area contributed by atoms with E-state index in [4.69, 9.17) is 0 Å². The SMILES string of the molecule is C=C(C)C=C(C(=CC)CC(C)=CC)C1=CC(C)=C(C=CC)CC(C)C1. The summed E-state index contributed by atoms with van der Waals surface area (Å²) < 4.78 is 0. The first-order valence-electron chi connectivity index (χ1n) is 9.50. The molecule has 0 N–H and O–H groups in total. The van der Waals surface area contributed by atoms with Crippen molar-refractivity contribution in [3.8, 4) is 0 Å². The summed E-state index contributed by atoms with van der Waals surface area (Å²) in [5.74, 6) is 0.643. The highest BCUT2D eigenvalue weighted by atomic mass is 14.2. The van der Waals surface area contributed by atoms with Gasteiger partial charge >= 0.3 is 0 Å². The van der Waals surface area contributed by atoms with Crippen molar-refractivity contribution in [2.75, 3.05) is 0 Å². The summed E-state index contributed by atoms with van der Waals surface area (Å²) in [7, 11) is 0. The minimum Gasteiger partial charge on any atom is -0.0961 e. The molecule has 0 heterocycles. The molecule has 0 fully saturated rings. The summed E-state index contributed by atoms with van der Waals surface area (Å²) in [5, 5.41) is 0. The Bertz CT molecular complexity index is 669. The van der Waals surface area contributed by atoms with Crippen LogP contribution in [0.25, 0.3) is 0 Å². The maximum atomic E-state index is 4.14. The van der Waals surface area contributed by atoms with Gasteiger partial charge < -0.3 is 0 Å². The molecule has 0 bridgehead atoms. The molecule has 0 aromatic heterocycles. The molecular formula is C25H36. The van der Waals surface area contributed by atoms with Gasteiger partial charge in [-0.05, 0) is 94.6 Å². The van der Waals surface area contributed by atoms with E-state index >= 15 is 0 Å². The Labute approximate surface area is 156 Å². The molecule has 1 aliphatic carbocycles. The third-order valence-corrected chi connectivity index (χ3v) is 4.80. The molecule has 0 saturated carbocycles. The summed E-state index contributed by atoms with van der Waals surface area (Å²) in [4.78, 5) is 0. The van der Waals surface area contributed by atoms with Gasteiger partial charge in [0.05, 0.1) is 0 Å². The molecule has 1 atom stereocenters. The number of allylic oxidation sites excluding steroid dienone is 13. The Morgan fingerprint density at radius 2 is 1.84 bits per heavy atom. The van der Waals surface area contributed by atoms with Gasteiger partial charge in [0.25, 0.3) is 0 Å². The van der Waals surface area contributed by atoms with Crippen LogP contribution in [0.15, 0.2) is 82.0 Å². The van der Waals surface area contributed by atoms with Crippen molar-refractivity contribution in [3.05, 3.63) is 82.0 Å². The molecular weight excluding hydrogens is 300 g/mol. The van der Waals surface area contributed by atoms with Crippen LogP contribution in [0.2, 0.25) is 0 Å². The fourth-order valence-electron chi connectivity index (χ4n) is 3.38. The lowest BCUT2D eigenvalue weighted by Gasteiger charge is -2.19. The molecule has 1 aliphatic rings. The zero-order valence-corrected chi connectivity index (χ0v) is 17.4. The molecule has 0 aliphatic heterocycles. The lowest BCUT2D eigenvalue weighted by Crippen LogP contribution is -2.02. The summed E-state index contributed by atoms with van der Waals surface area (Å²) in [6.07, 6.45) is 16.8. The van der Waals surface area contributed by atoms with Crippen molar-refractivity contribution in [1.82, 2.24) is 0 Å². The van der Waals surface area contributed by atoms with Gasteiger partial charge in [0, 0.05) is 0 Å². The zero-order chi connectivity index (χ0) is 19.0. The molecule has 0 amide bonds. The van der Waals surface area contributed by atoms with Crippen LogP contribution in [0.4, 0.5) is 0 Å². The first-order valence-corrected chi connectivity index (χ1v) is 9.50. The monoisotopic (exact) mass is 336 g/mol. The maximum absolute atomic E-state index is 4.14. The van der Waals surface area contributed by atoms with E-state index in [9.17, 15) is 0 Å². The molecule has 1 rings (SSSR count). The maximum Gasteiger partial charge on any atom is -0.00672 e. The van der Waals surface area contributed by atoms with Crippen LogP contribution in [0.1, 0.15) is 67.7 Å². The second kappa shape index (κ2) is 10.2. The van der Waals surface area contributed by atoms with E-state index < -0.39 is 0 Å². The standard InChI is InChI=1S/C25H36/c1-9-12-23-15-20(7)16-24(17-21(23)8)25(13-18(4)5)22(11-3)14-19(6)10-2/h9-13,17,20H,4,14-16H2,1-3,5-8H3. The number of rotatable bonds is 6. The van der Waals surface area contributed by atoms with Gasteiger partial charge in [-0.2, -0.15) is 0 Å². The first kappa shape index (κ1) is 21.2. The van der Waals surface area contributed by atoms with Crippen molar-refractivity contribution < 1.29 is 0 Å². The molecule has 0 radical (unpaired) electrons. The van der Waals surface area contributed by atoms with Gasteiger partial charge in [-0.1, -0.05) is 61.1 Å². The third kappa shape index (κ3) is 6.53. The van der Waals surface area contributed by atoms with E-state index in [2.05, 4.69) is 91.5 Å². The molecule has 1 unspecified atom stereocenters. The van der Waals surface area contributed by atoms with Gasteiger partial charge in [0.2, 0.25) is 0 Å². The molecule has 0 aromatic carbocycles. The Morgan fingerprint density at radius 3 is 2.36 bits per heavy atom. The van der Waals surface area contributed by atoms with Gasteiger partial charge in [0.1, 0.15) is 0 Å². The van der Waals surface area contributed by atoms with Crippen LogP contribution in [-0.2, 0) is 0 Å². The van der Waals surface area contributed by atoms with Crippen LogP contribution in [0, 0.1) is 5.92 Å². The largest absolute Gasteiger partial charge is 0.0961 e. The normalized spacial score (nSPS) is 20.8. The van der Waals surface area contributed by atoms with E-state index in [0.29, 0.717) is 5.92 Å². The van der Waals surface area contributed by atoms with Crippen LogP contribution >= 0.6 is 0 Å². The van der Waals surface area contributed by atoms with Crippen molar-refractivity contribution in [1.29, 1.82) is 0 Å². The third-order valence-electron chi connectivity index (χ3n) is 4.80. The van der Waals surface area contributed by atoms with Gasteiger partial charge in [-0.15, -0.1) is 0 Å². The average molecular weight is 337 g/mol. The van der Waals surface area contributed by atoms with Crippen molar-refractivity contribution >= 4 is 0 Å². The molecule has 136 valence electrons. The van der Waals surface area contributed by atoms with Gasteiger partial charge in [-0.3, -0.25) is 0 Å². The first-order chi connectivity index (χ1) is 11.8. The Balaban J connectivity index is 3.45. The highest BCUT2D eigenvalue weighted by Crippen LogP contribution is 2.36. The van der Waals surface area contributed by atoms with E-state index in [1.807, 2.05) is 0 Å². The summed E-state index contributed by atoms with van der Waals surface area (Å²) in [6.45, 7) is 19.4. The molecule has 0 aromatic rings. The predicted molar refractivity (Wildman–Crippen MR) is 115 cm³/mol. The van der Waals surface area contributed by atoms with Gasteiger partial charge in [-0.25, -0.2) is 0 Å². The van der Waals surface area contributed by atoms with Crippen molar-refractivity contribution in [2.45, 2.75) is 67.7 Å². The number of hydrogen-bond acceptors (Lipinski definition) is 0. The molecule has 0 heteroatoms. The fourth-order valence-corrected chi connectivity index (χ4v) is 3.38. The lowest BCUT2D eigenvalue weighted by molar-refractivity contribution is 0.583. The minimum absolute atomic E-state index is 0.643. The zero-order valence-electron chi connectivity index (χ0n) is 17.4. The summed E-state index contributed by atoms with van der Waals surface area (Å²) >= 11 is 0. The van der Waals surface area contributed by atoms with Crippen LogP contribution in [0.5, 0.6) is 0 Å². The highest BCUT2D eigenvalue weighted by Gasteiger charge is 2.18. The van der Waals surface area contributed by atoms with E-state index in [-0.39, 0.29) is 0 Å². The molecule has 25 heavy (non-hydrogen) atoms. The van der Waals surface area contributed by atoms with Crippen LogP contribution in [-0.4, -0.2) is 0 Å². The molecule has 0 nitrogen and oxygen atoms in total. The van der Waals surface area contributed by atoms with Crippen molar-refractivity contribution in [2.24, 2.45) is 5.92 Å². The van der Waals surface area contributed by atoms with Crippen molar-refractivity contribution in [3.63, 3.8) is 0 Å². The highest BCUT2D eigenvalue weighted by molar-refractivity contribution is 5.54.